The molecule has 0 aliphatic rings. The van der Waals surface area contributed by atoms with Gasteiger partial charge in [0.25, 0.3) is 0 Å². The van der Waals surface area contributed by atoms with Gasteiger partial charge >= 0.3 is 5.97 Å². The summed E-state index contributed by atoms with van der Waals surface area (Å²) in [6, 6.07) is 18.9. The number of aromatic nitrogens is 3. The van der Waals surface area contributed by atoms with E-state index in [9.17, 15) is 9.18 Å². The van der Waals surface area contributed by atoms with Crippen LogP contribution in [0.5, 0.6) is 0 Å². The van der Waals surface area contributed by atoms with Gasteiger partial charge < -0.3 is 9.15 Å². The fraction of sp³-hybridized carbons (Fsp3) is 0.167. The zero-order chi connectivity index (χ0) is 21.6. The van der Waals surface area contributed by atoms with Crippen molar-refractivity contribution in [3.05, 3.63) is 101 Å². The van der Waals surface area contributed by atoms with Gasteiger partial charge in [0.1, 0.15) is 5.82 Å². The molecule has 0 bridgehead atoms. The summed E-state index contributed by atoms with van der Waals surface area (Å²) in [6.07, 6.45) is 1.06. The molecule has 0 saturated heterocycles. The summed E-state index contributed by atoms with van der Waals surface area (Å²) in [4.78, 5) is 16.8. The van der Waals surface area contributed by atoms with Gasteiger partial charge in [-0.2, -0.15) is 0 Å². The van der Waals surface area contributed by atoms with Crippen LogP contribution in [0, 0.1) is 12.7 Å². The molecule has 0 radical (unpaired) electrons. The van der Waals surface area contributed by atoms with E-state index in [1.54, 1.807) is 36.5 Å². The van der Waals surface area contributed by atoms with Gasteiger partial charge in [-0.05, 0) is 43.3 Å². The molecule has 2 aromatic heterocycles. The first kappa shape index (κ1) is 20.4. The highest BCUT2D eigenvalue weighted by Gasteiger charge is 2.21. The van der Waals surface area contributed by atoms with Gasteiger partial charge in [-0.15, -0.1) is 10.2 Å². The van der Waals surface area contributed by atoms with E-state index in [-0.39, 0.29) is 12.8 Å². The number of nitrogens with zero attached hydrogens (tertiary/aromatic N) is 3. The number of halogens is 1. The summed E-state index contributed by atoms with van der Waals surface area (Å²) in [5, 5.41) is 8.05. The molecule has 0 spiro atoms. The third kappa shape index (κ3) is 5.19. The summed E-state index contributed by atoms with van der Waals surface area (Å²) in [6.45, 7) is 2.00. The van der Waals surface area contributed by atoms with Gasteiger partial charge in [-0.25, -0.2) is 4.39 Å². The number of benzene rings is 2. The Bertz CT molecular complexity index is 1160. The molecule has 0 amide bonds. The quantitative estimate of drug-likeness (QED) is 0.400. The van der Waals surface area contributed by atoms with Gasteiger partial charge in [0.15, 0.2) is 6.10 Å². The molecular formula is C24H20FN3O3. The first-order chi connectivity index (χ1) is 15.1. The molecule has 0 saturated carbocycles. The fourth-order valence-corrected chi connectivity index (χ4v) is 3.07. The zero-order valence-electron chi connectivity index (χ0n) is 16.9. The van der Waals surface area contributed by atoms with Gasteiger partial charge in [0.05, 0.1) is 12.1 Å². The van der Waals surface area contributed by atoms with Crippen molar-refractivity contribution in [1.82, 2.24) is 15.2 Å². The number of rotatable bonds is 7. The normalized spacial score (nSPS) is 11.8. The standard InChI is InChI=1S/C24H20FN3O3/c1-16-8-10-17(11-9-16)24-28-27-21(30-24)12-13-22(29)31-23(20-7-2-3-14-26-20)18-5-4-6-19(25)15-18/h2-11,14-15,23H,12-13H2,1H3. The predicted octanol–water partition coefficient (Wildman–Crippen LogP) is 4.84. The van der Waals surface area contributed by atoms with Crippen LogP contribution in [0.2, 0.25) is 0 Å². The lowest BCUT2D eigenvalue weighted by Crippen LogP contribution is -2.14. The predicted molar refractivity (Wildman–Crippen MR) is 111 cm³/mol. The highest BCUT2D eigenvalue weighted by molar-refractivity contribution is 5.70. The van der Waals surface area contributed by atoms with Crippen molar-refractivity contribution >= 4 is 5.97 Å². The number of aryl methyl sites for hydroxylation is 2. The molecule has 1 unspecified atom stereocenters. The van der Waals surface area contributed by atoms with Crippen LogP contribution in [0.25, 0.3) is 11.5 Å². The summed E-state index contributed by atoms with van der Waals surface area (Å²) in [5.41, 5.74) is 2.97. The van der Waals surface area contributed by atoms with Gasteiger partial charge in [-0.1, -0.05) is 35.9 Å². The van der Waals surface area contributed by atoms with E-state index in [0.717, 1.165) is 11.1 Å². The lowest BCUT2D eigenvalue weighted by molar-refractivity contribution is -0.147. The first-order valence-corrected chi connectivity index (χ1v) is 9.84. The topological polar surface area (TPSA) is 78.1 Å². The Morgan fingerprint density at radius 2 is 1.90 bits per heavy atom. The number of carbonyl (C=O) groups is 1. The van der Waals surface area contributed by atoms with Crippen LogP contribution >= 0.6 is 0 Å². The molecule has 156 valence electrons. The van der Waals surface area contributed by atoms with Crippen molar-refractivity contribution < 1.29 is 18.3 Å². The number of ether oxygens (including phenoxy) is 1. The molecule has 0 fully saturated rings. The molecule has 0 aliphatic heterocycles. The minimum absolute atomic E-state index is 0.0359. The second kappa shape index (κ2) is 9.30. The van der Waals surface area contributed by atoms with Crippen LogP contribution in [0.15, 0.2) is 77.3 Å². The number of esters is 1. The first-order valence-electron chi connectivity index (χ1n) is 9.84. The Balaban J connectivity index is 1.43. The van der Waals surface area contributed by atoms with Gasteiger partial charge in [-0.3, -0.25) is 9.78 Å². The van der Waals surface area contributed by atoms with E-state index in [1.807, 2.05) is 31.2 Å². The second-order valence-electron chi connectivity index (χ2n) is 7.05. The molecule has 2 heterocycles. The summed E-state index contributed by atoms with van der Waals surface area (Å²) >= 11 is 0. The monoisotopic (exact) mass is 417 g/mol. The zero-order valence-corrected chi connectivity index (χ0v) is 16.9. The minimum atomic E-state index is -0.810. The minimum Gasteiger partial charge on any atom is -0.451 e. The van der Waals surface area contributed by atoms with Crippen molar-refractivity contribution in [2.75, 3.05) is 0 Å². The highest BCUT2D eigenvalue weighted by atomic mass is 19.1. The number of pyridine rings is 1. The molecule has 0 N–H and O–H groups in total. The van der Waals surface area contributed by atoms with E-state index in [2.05, 4.69) is 15.2 Å². The maximum atomic E-state index is 13.7. The number of hydrogen-bond donors (Lipinski definition) is 0. The molecule has 31 heavy (non-hydrogen) atoms. The average molecular weight is 417 g/mol. The molecule has 1 atom stereocenters. The summed E-state index contributed by atoms with van der Waals surface area (Å²) < 4.78 is 25.0. The number of carbonyl (C=O) groups excluding carboxylic acids is 1. The van der Waals surface area contributed by atoms with Crippen LogP contribution in [0.3, 0.4) is 0 Å². The molecule has 7 heteroatoms. The maximum absolute atomic E-state index is 13.7. The SMILES string of the molecule is Cc1ccc(-c2nnc(CCC(=O)OC(c3cccc(F)c3)c3ccccn3)o2)cc1. The average Bonchev–Trinajstić information content (AvgIpc) is 3.26. The fourth-order valence-electron chi connectivity index (χ4n) is 3.07. The molecule has 4 rings (SSSR count). The third-order valence-corrected chi connectivity index (χ3v) is 4.67. The maximum Gasteiger partial charge on any atom is 0.307 e. The van der Waals surface area contributed by atoms with Crippen molar-refractivity contribution in [3.8, 4) is 11.5 Å². The smallest absolute Gasteiger partial charge is 0.307 e. The van der Waals surface area contributed by atoms with Crippen LogP contribution in [-0.2, 0) is 16.0 Å². The van der Waals surface area contributed by atoms with E-state index < -0.39 is 17.9 Å². The Kier molecular flexibility index (Phi) is 6.12. The lowest BCUT2D eigenvalue weighted by atomic mass is 10.1. The van der Waals surface area contributed by atoms with Gasteiger partial charge in [0.2, 0.25) is 11.8 Å². The summed E-state index contributed by atoms with van der Waals surface area (Å²) in [5.74, 6) is -0.152. The summed E-state index contributed by atoms with van der Waals surface area (Å²) in [7, 11) is 0. The van der Waals surface area contributed by atoms with E-state index in [1.165, 1.54) is 12.1 Å². The lowest BCUT2D eigenvalue weighted by Gasteiger charge is -2.18. The number of hydrogen-bond acceptors (Lipinski definition) is 6. The van der Waals surface area contributed by atoms with Gasteiger partial charge in [0, 0.05) is 23.7 Å². The molecular weight excluding hydrogens is 397 g/mol. The van der Waals surface area contributed by atoms with Crippen molar-refractivity contribution in [2.45, 2.75) is 25.9 Å². The Hall–Kier alpha value is -3.87. The third-order valence-electron chi connectivity index (χ3n) is 4.67. The van der Waals surface area contributed by atoms with E-state index >= 15 is 0 Å². The van der Waals surface area contributed by atoms with Crippen LogP contribution in [-0.4, -0.2) is 21.2 Å². The molecule has 0 aliphatic carbocycles. The molecule has 6 nitrogen and oxygen atoms in total. The van der Waals surface area contributed by atoms with Crippen LogP contribution in [0.4, 0.5) is 4.39 Å². The molecule has 2 aromatic carbocycles. The Labute approximate surface area is 178 Å². The highest BCUT2D eigenvalue weighted by Crippen LogP contribution is 2.26. The van der Waals surface area contributed by atoms with Crippen molar-refractivity contribution in [1.29, 1.82) is 0 Å². The Morgan fingerprint density at radius 3 is 2.65 bits per heavy atom. The largest absolute Gasteiger partial charge is 0.451 e. The van der Waals surface area contributed by atoms with E-state index in [0.29, 0.717) is 23.0 Å². The van der Waals surface area contributed by atoms with Crippen LogP contribution in [0.1, 0.15) is 35.2 Å². The van der Waals surface area contributed by atoms with Crippen molar-refractivity contribution in [2.24, 2.45) is 0 Å². The van der Waals surface area contributed by atoms with Crippen LogP contribution < -0.4 is 0 Å². The molecule has 4 aromatic rings. The second-order valence-corrected chi connectivity index (χ2v) is 7.05. The van der Waals surface area contributed by atoms with Crippen molar-refractivity contribution in [3.63, 3.8) is 0 Å². The Morgan fingerprint density at radius 1 is 1.06 bits per heavy atom. The van der Waals surface area contributed by atoms with E-state index in [4.69, 9.17) is 9.15 Å².